The molecule has 0 spiro atoms. The number of nitrogens with one attached hydrogen (secondary N) is 2. The van der Waals surface area contributed by atoms with Crippen LogP contribution in [0.5, 0.6) is 0 Å². The predicted octanol–water partition coefficient (Wildman–Crippen LogP) is 3.45. The van der Waals surface area contributed by atoms with E-state index in [2.05, 4.69) is 34.3 Å². The number of aliphatic imine (C=N–C) groups is 1. The molecule has 1 aliphatic heterocycles. The maximum Gasteiger partial charge on any atom is 0.305 e. The van der Waals surface area contributed by atoms with Gasteiger partial charge in [0, 0.05) is 11.4 Å². The number of anilines is 1. The van der Waals surface area contributed by atoms with Crippen molar-refractivity contribution >= 4 is 28.5 Å². The average Bonchev–Trinajstić information content (AvgIpc) is 3.26. The summed E-state index contributed by atoms with van der Waals surface area (Å²) in [5, 5.41) is 13.7. The molecule has 2 aliphatic rings. The molecular weight excluding hydrogens is 318 g/mol. The molecule has 2 heterocycles. The summed E-state index contributed by atoms with van der Waals surface area (Å²) in [5.41, 5.74) is 4.19. The third-order valence-corrected chi connectivity index (χ3v) is 4.94. The lowest BCUT2D eigenvalue weighted by Crippen LogP contribution is -2.14. The number of benzene rings is 1. The predicted molar refractivity (Wildman–Crippen MR) is 97.4 cm³/mol. The van der Waals surface area contributed by atoms with Crippen molar-refractivity contribution in [2.45, 2.75) is 51.1 Å². The summed E-state index contributed by atoms with van der Waals surface area (Å²) < 4.78 is 5.62. The van der Waals surface area contributed by atoms with Crippen molar-refractivity contribution in [2.75, 3.05) is 11.9 Å². The quantitative estimate of drug-likeness (QED) is 0.777. The number of aliphatic carboxylic acids is 1. The minimum Gasteiger partial charge on any atom is -0.481 e. The maximum atomic E-state index is 10.8. The Labute approximate surface area is 146 Å². The van der Waals surface area contributed by atoms with Gasteiger partial charge in [0.05, 0.1) is 23.7 Å². The van der Waals surface area contributed by atoms with Gasteiger partial charge in [-0.05, 0) is 43.5 Å². The highest BCUT2D eigenvalue weighted by Gasteiger charge is 2.24. The van der Waals surface area contributed by atoms with Crippen LogP contribution < -0.4 is 5.32 Å². The Morgan fingerprint density at radius 1 is 1.36 bits per heavy atom. The van der Waals surface area contributed by atoms with Gasteiger partial charge in [0.2, 0.25) is 5.90 Å². The highest BCUT2D eigenvalue weighted by molar-refractivity contribution is 6.02. The van der Waals surface area contributed by atoms with Crippen LogP contribution in [0.3, 0.4) is 0 Å². The summed E-state index contributed by atoms with van der Waals surface area (Å²) in [6.45, 7) is 2.42. The molecule has 1 aromatic heterocycles. The Hall–Kier alpha value is -2.50. The van der Waals surface area contributed by atoms with Crippen LogP contribution in [-0.2, 0) is 9.53 Å². The van der Waals surface area contributed by atoms with Crippen molar-refractivity contribution in [3.8, 4) is 0 Å². The fourth-order valence-corrected chi connectivity index (χ4v) is 3.78. The zero-order valence-electron chi connectivity index (χ0n) is 14.3. The standard InChI is InChI=1S/C19H23N3O3/c1-11-6-12-8-16(19-21-14(10-25-19)9-17(23)24)22-18(12)15(7-11)20-13-4-2-3-5-13/h6-8,13-14,20,22H,2-5,9-10H2,1H3,(H,23,24). The number of carboxylic acid groups (broad SMARTS) is 1. The molecule has 1 atom stereocenters. The molecule has 132 valence electrons. The fraction of sp³-hybridized carbons (Fsp3) is 0.474. The number of aromatic nitrogens is 1. The van der Waals surface area contributed by atoms with Crippen LogP contribution in [0.1, 0.15) is 43.4 Å². The smallest absolute Gasteiger partial charge is 0.305 e. The van der Waals surface area contributed by atoms with Crippen molar-refractivity contribution in [1.82, 2.24) is 4.98 Å². The molecule has 0 amide bonds. The minimum absolute atomic E-state index is 0.00266. The number of carboxylic acids is 1. The Morgan fingerprint density at radius 3 is 2.92 bits per heavy atom. The number of rotatable bonds is 5. The van der Waals surface area contributed by atoms with Crippen LogP contribution in [0.15, 0.2) is 23.2 Å². The van der Waals surface area contributed by atoms with Crippen LogP contribution in [0.4, 0.5) is 5.69 Å². The highest BCUT2D eigenvalue weighted by atomic mass is 16.5. The SMILES string of the molecule is Cc1cc(NC2CCCC2)c2[nH]c(C3=NC(CC(=O)O)CO3)cc2c1. The molecule has 4 rings (SSSR count). The van der Waals surface area contributed by atoms with Gasteiger partial charge >= 0.3 is 5.97 Å². The molecule has 6 heteroatoms. The Bertz CT molecular complexity index is 834. The zero-order valence-corrected chi connectivity index (χ0v) is 14.3. The fourth-order valence-electron chi connectivity index (χ4n) is 3.78. The van der Waals surface area contributed by atoms with Gasteiger partial charge in [-0.15, -0.1) is 0 Å². The monoisotopic (exact) mass is 341 g/mol. The number of H-pyrrole nitrogens is 1. The molecule has 0 radical (unpaired) electrons. The Morgan fingerprint density at radius 2 is 2.16 bits per heavy atom. The first-order valence-corrected chi connectivity index (χ1v) is 8.91. The molecule has 0 saturated heterocycles. The first-order chi connectivity index (χ1) is 12.1. The van der Waals surface area contributed by atoms with Gasteiger partial charge in [-0.2, -0.15) is 0 Å². The van der Waals surface area contributed by atoms with Crippen molar-refractivity contribution in [3.05, 3.63) is 29.5 Å². The molecule has 1 aromatic carbocycles. The topological polar surface area (TPSA) is 86.7 Å². The third-order valence-electron chi connectivity index (χ3n) is 4.94. The van der Waals surface area contributed by atoms with Gasteiger partial charge in [0.25, 0.3) is 0 Å². The number of hydrogen-bond acceptors (Lipinski definition) is 4. The molecule has 1 unspecified atom stereocenters. The van der Waals surface area contributed by atoms with Crippen LogP contribution >= 0.6 is 0 Å². The van der Waals surface area contributed by atoms with E-state index in [1.165, 1.54) is 31.2 Å². The number of aryl methyl sites for hydroxylation is 1. The van der Waals surface area contributed by atoms with Gasteiger partial charge in [-0.1, -0.05) is 12.8 Å². The average molecular weight is 341 g/mol. The van der Waals surface area contributed by atoms with Crippen molar-refractivity contribution in [3.63, 3.8) is 0 Å². The normalized spacial score (nSPS) is 20.7. The lowest BCUT2D eigenvalue weighted by atomic mass is 10.1. The number of carbonyl (C=O) groups is 1. The number of hydrogen-bond donors (Lipinski definition) is 3. The van der Waals surface area contributed by atoms with E-state index in [-0.39, 0.29) is 12.5 Å². The number of nitrogens with zero attached hydrogens (tertiary/aromatic N) is 1. The van der Waals surface area contributed by atoms with Crippen LogP contribution in [0.2, 0.25) is 0 Å². The lowest BCUT2D eigenvalue weighted by molar-refractivity contribution is -0.137. The first kappa shape index (κ1) is 16.0. The van der Waals surface area contributed by atoms with E-state index in [1.54, 1.807) is 0 Å². The third kappa shape index (κ3) is 3.34. The van der Waals surface area contributed by atoms with E-state index in [0.29, 0.717) is 18.5 Å². The second-order valence-corrected chi connectivity index (χ2v) is 7.08. The van der Waals surface area contributed by atoms with E-state index < -0.39 is 5.97 Å². The summed E-state index contributed by atoms with van der Waals surface area (Å²) >= 11 is 0. The number of ether oxygens (including phenoxy) is 1. The lowest BCUT2D eigenvalue weighted by Gasteiger charge is -2.15. The van der Waals surface area contributed by atoms with Gasteiger partial charge in [-0.25, -0.2) is 4.99 Å². The summed E-state index contributed by atoms with van der Waals surface area (Å²) in [5.74, 6) is -0.346. The van der Waals surface area contributed by atoms with Gasteiger partial charge < -0.3 is 20.1 Å². The number of fused-ring (bicyclic) bond motifs is 1. The van der Waals surface area contributed by atoms with E-state index in [0.717, 1.165) is 22.3 Å². The second-order valence-electron chi connectivity index (χ2n) is 7.08. The molecule has 0 bridgehead atoms. The van der Waals surface area contributed by atoms with E-state index in [4.69, 9.17) is 9.84 Å². The van der Waals surface area contributed by atoms with E-state index in [1.807, 2.05) is 6.07 Å². The first-order valence-electron chi connectivity index (χ1n) is 8.91. The van der Waals surface area contributed by atoms with Gasteiger partial charge in [0.1, 0.15) is 12.3 Å². The molecule has 2 aromatic rings. The van der Waals surface area contributed by atoms with Gasteiger partial charge in [-0.3, -0.25) is 4.79 Å². The summed E-state index contributed by atoms with van der Waals surface area (Å²) in [6, 6.07) is 6.57. The second kappa shape index (κ2) is 6.43. The highest BCUT2D eigenvalue weighted by Crippen LogP contribution is 2.30. The summed E-state index contributed by atoms with van der Waals surface area (Å²) in [4.78, 5) is 18.7. The summed E-state index contributed by atoms with van der Waals surface area (Å²) in [6.07, 6.45) is 5.01. The van der Waals surface area contributed by atoms with Crippen LogP contribution in [0, 0.1) is 6.92 Å². The minimum atomic E-state index is -0.853. The maximum absolute atomic E-state index is 10.8. The van der Waals surface area contributed by atoms with E-state index >= 15 is 0 Å². The summed E-state index contributed by atoms with van der Waals surface area (Å²) in [7, 11) is 0. The Balaban J connectivity index is 1.64. The molecule has 25 heavy (non-hydrogen) atoms. The molecule has 1 saturated carbocycles. The largest absolute Gasteiger partial charge is 0.481 e. The molecular formula is C19H23N3O3. The van der Waals surface area contributed by atoms with E-state index in [9.17, 15) is 4.79 Å². The number of aromatic amines is 1. The van der Waals surface area contributed by atoms with Crippen molar-refractivity contribution in [2.24, 2.45) is 4.99 Å². The van der Waals surface area contributed by atoms with Crippen molar-refractivity contribution in [1.29, 1.82) is 0 Å². The molecule has 1 fully saturated rings. The molecule has 3 N–H and O–H groups in total. The van der Waals surface area contributed by atoms with Crippen LogP contribution in [-0.4, -0.2) is 40.6 Å². The van der Waals surface area contributed by atoms with Gasteiger partial charge in [0.15, 0.2) is 0 Å². The molecule has 1 aliphatic carbocycles. The Kier molecular flexibility index (Phi) is 4.11. The van der Waals surface area contributed by atoms with Crippen LogP contribution in [0.25, 0.3) is 10.9 Å². The van der Waals surface area contributed by atoms with Crippen molar-refractivity contribution < 1.29 is 14.6 Å². The molecule has 6 nitrogen and oxygen atoms in total. The zero-order chi connectivity index (χ0) is 17.4.